The van der Waals surface area contributed by atoms with Crippen LogP contribution in [0.2, 0.25) is 0 Å². The van der Waals surface area contributed by atoms with Gasteiger partial charge in [-0.1, -0.05) is 0 Å². The first kappa shape index (κ1) is 23.1. The highest BCUT2D eigenvalue weighted by Crippen LogP contribution is 2.27. The van der Waals surface area contributed by atoms with Crippen LogP contribution in [0.4, 0.5) is 0 Å². The molecule has 0 saturated carbocycles. The smallest absolute Gasteiger partial charge is 0.186 e. The Hall–Kier alpha value is -0.520. The van der Waals surface area contributed by atoms with Crippen molar-refractivity contribution in [1.29, 1.82) is 0 Å². The SMILES string of the molecule is CO[C@H]1OC[C@H](O[C@H]2OC[C@H](O[C@H]3OC[C@H](O)[C@@H](O)[C@@H]3O)[C@@H](O)[C@@H]2O)[C@@H](O)[C@@H]1O. The van der Waals surface area contributed by atoms with Gasteiger partial charge in [0.05, 0.1) is 19.8 Å². The van der Waals surface area contributed by atoms with E-state index in [0.29, 0.717) is 0 Å². The number of hydrogen-bond donors (Lipinski definition) is 7. The quantitative estimate of drug-likeness (QED) is 0.220. The molecule has 0 bridgehead atoms. The molecule has 13 heteroatoms. The maximum absolute atomic E-state index is 10.3. The summed E-state index contributed by atoms with van der Waals surface area (Å²) in [5.41, 5.74) is 0. The second kappa shape index (κ2) is 9.74. The molecule has 7 N–H and O–H groups in total. The van der Waals surface area contributed by atoms with Crippen LogP contribution in [0.5, 0.6) is 0 Å². The third-order valence-electron chi connectivity index (χ3n) is 5.17. The molecule has 3 rings (SSSR count). The fraction of sp³-hybridized carbons (Fsp3) is 1.00. The van der Waals surface area contributed by atoms with Crippen molar-refractivity contribution in [2.75, 3.05) is 26.9 Å². The van der Waals surface area contributed by atoms with Gasteiger partial charge >= 0.3 is 0 Å². The van der Waals surface area contributed by atoms with Gasteiger partial charge in [0.1, 0.15) is 54.9 Å². The van der Waals surface area contributed by atoms with Crippen molar-refractivity contribution in [2.24, 2.45) is 0 Å². The van der Waals surface area contributed by atoms with Crippen LogP contribution in [0.1, 0.15) is 0 Å². The minimum Gasteiger partial charge on any atom is -0.388 e. The van der Waals surface area contributed by atoms with E-state index in [1.165, 1.54) is 7.11 Å². The van der Waals surface area contributed by atoms with E-state index in [0.717, 1.165) is 0 Å². The summed E-state index contributed by atoms with van der Waals surface area (Å²) in [4.78, 5) is 0. The lowest BCUT2D eigenvalue weighted by molar-refractivity contribution is -0.347. The molecule has 3 saturated heterocycles. The first-order valence-electron chi connectivity index (χ1n) is 9.19. The Bertz CT molecular complexity index is 523. The van der Waals surface area contributed by atoms with E-state index < -0.39 is 73.8 Å². The average molecular weight is 428 g/mol. The summed E-state index contributed by atoms with van der Waals surface area (Å²) in [6.07, 6.45) is -16.2. The van der Waals surface area contributed by atoms with Crippen molar-refractivity contribution in [3.63, 3.8) is 0 Å². The van der Waals surface area contributed by atoms with Gasteiger partial charge < -0.3 is 64.2 Å². The largest absolute Gasteiger partial charge is 0.388 e. The molecule has 0 radical (unpaired) electrons. The zero-order chi connectivity index (χ0) is 21.3. The van der Waals surface area contributed by atoms with E-state index >= 15 is 0 Å². The predicted molar refractivity (Wildman–Crippen MR) is 88.0 cm³/mol. The van der Waals surface area contributed by atoms with Crippen LogP contribution in [0.3, 0.4) is 0 Å². The number of ether oxygens (including phenoxy) is 6. The van der Waals surface area contributed by atoms with Crippen molar-refractivity contribution in [2.45, 2.75) is 73.8 Å². The monoisotopic (exact) mass is 428 g/mol. The molecular weight excluding hydrogens is 400 g/mol. The summed E-state index contributed by atoms with van der Waals surface area (Å²) in [5.74, 6) is 0. The van der Waals surface area contributed by atoms with Crippen molar-refractivity contribution in [3.8, 4) is 0 Å². The van der Waals surface area contributed by atoms with Crippen molar-refractivity contribution >= 4 is 0 Å². The number of aliphatic hydroxyl groups excluding tert-OH is 7. The topological polar surface area (TPSA) is 197 Å². The van der Waals surface area contributed by atoms with Gasteiger partial charge in [-0.05, 0) is 0 Å². The van der Waals surface area contributed by atoms with Gasteiger partial charge in [-0.2, -0.15) is 0 Å². The Morgan fingerprint density at radius 1 is 0.552 bits per heavy atom. The Balaban J connectivity index is 1.54. The van der Waals surface area contributed by atoms with Gasteiger partial charge in [0.25, 0.3) is 0 Å². The molecule has 3 aliphatic heterocycles. The molecule has 0 aromatic rings. The fourth-order valence-corrected chi connectivity index (χ4v) is 3.35. The second-order valence-electron chi connectivity index (χ2n) is 7.20. The standard InChI is InChI=1S/C16H28O13/c1-24-14-12(22)9(19)6(3-26-14)29-16-13(23)10(20)7(4-27-16)28-15-11(21)8(18)5(17)2-25-15/h5-23H,2-4H2,1H3/t5-,6-,7-,8+,9+,10+,11-,12-,13-,14-,15+,16+/m0/s1. The highest BCUT2D eigenvalue weighted by atomic mass is 16.7. The molecule has 29 heavy (non-hydrogen) atoms. The number of rotatable bonds is 5. The maximum Gasteiger partial charge on any atom is 0.186 e. The molecule has 0 amide bonds. The predicted octanol–water partition coefficient (Wildman–Crippen LogP) is -5.00. The van der Waals surface area contributed by atoms with Gasteiger partial charge in [-0.3, -0.25) is 0 Å². The molecular formula is C16H28O13. The Morgan fingerprint density at radius 3 is 1.48 bits per heavy atom. The van der Waals surface area contributed by atoms with Crippen molar-refractivity contribution < 1.29 is 64.2 Å². The van der Waals surface area contributed by atoms with Crippen LogP contribution in [-0.2, 0) is 28.4 Å². The molecule has 0 aromatic carbocycles. The average Bonchev–Trinajstić information content (AvgIpc) is 2.71. The van der Waals surface area contributed by atoms with Gasteiger partial charge in [0.15, 0.2) is 18.9 Å². The Labute approximate surface area is 165 Å². The first-order chi connectivity index (χ1) is 13.7. The summed E-state index contributed by atoms with van der Waals surface area (Å²) >= 11 is 0. The second-order valence-corrected chi connectivity index (χ2v) is 7.20. The third kappa shape index (κ3) is 4.88. The zero-order valence-electron chi connectivity index (χ0n) is 15.6. The van der Waals surface area contributed by atoms with Gasteiger partial charge in [0.2, 0.25) is 0 Å². The summed E-state index contributed by atoms with van der Waals surface area (Å²) < 4.78 is 31.4. The lowest BCUT2D eigenvalue weighted by atomic mass is 10.0. The summed E-state index contributed by atoms with van der Waals surface area (Å²) in [6, 6.07) is 0. The van der Waals surface area contributed by atoms with E-state index in [-0.39, 0.29) is 19.8 Å². The molecule has 0 spiro atoms. The van der Waals surface area contributed by atoms with E-state index in [1.54, 1.807) is 0 Å². The summed E-state index contributed by atoms with van der Waals surface area (Å²) in [5, 5.41) is 69.7. The van der Waals surface area contributed by atoms with E-state index in [9.17, 15) is 35.7 Å². The minimum absolute atomic E-state index is 0.151. The van der Waals surface area contributed by atoms with Gasteiger partial charge in [0, 0.05) is 7.11 Å². The van der Waals surface area contributed by atoms with E-state index in [1.807, 2.05) is 0 Å². The molecule has 170 valence electrons. The normalized spacial score (nSPS) is 51.7. The van der Waals surface area contributed by atoms with Crippen LogP contribution in [0, 0.1) is 0 Å². The highest BCUT2D eigenvalue weighted by Gasteiger charge is 2.47. The van der Waals surface area contributed by atoms with Crippen LogP contribution < -0.4 is 0 Å². The number of hydrogen-bond acceptors (Lipinski definition) is 13. The Kier molecular flexibility index (Phi) is 7.77. The third-order valence-corrected chi connectivity index (χ3v) is 5.17. The van der Waals surface area contributed by atoms with Crippen molar-refractivity contribution in [3.05, 3.63) is 0 Å². The zero-order valence-corrected chi connectivity index (χ0v) is 15.6. The van der Waals surface area contributed by atoms with E-state index in [2.05, 4.69) is 0 Å². The van der Waals surface area contributed by atoms with Gasteiger partial charge in [-0.25, -0.2) is 0 Å². The highest BCUT2D eigenvalue weighted by molar-refractivity contribution is 4.90. The maximum atomic E-state index is 10.3. The van der Waals surface area contributed by atoms with Crippen LogP contribution >= 0.6 is 0 Å². The number of aliphatic hydroxyl groups is 7. The van der Waals surface area contributed by atoms with E-state index in [4.69, 9.17) is 28.4 Å². The molecule has 0 aromatic heterocycles. The number of methoxy groups -OCH3 is 1. The van der Waals surface area contributed by atoms with Gasteiger partial charge in [-0.15, -0.1) is 0 Å². The van der Waals surface area contributed by atoms with Crippen LogP contribution in [0.25, 0.3) is 0 Å². The summed E-state index contributed by atoms with van der Waals surface area (Å²) in [7, 11) is 1.30. The minimum atomic E-state index is -1.60. The molecule has 12 atom stereocenters. The molecule has 3 aliphatic rings. The Morgan fingerprint density at radius 2 is 0.966 bits per heavy atom. The molecule has 0 unspecified atom stereocenters. The summed E-state index contributed by atoms with van der Waals surface area (Å²) in [6.45, 7) is -0.714. The van der Waals surface area contributed by atoms with Crippen LogP contribution in [0.15, 0.2) is 0 Å². The first-order valence-corrected chi connectivity index (χ1v) is 9.19. The lowest BCUT2D eigenvalue weighted by Crippen LogP contribution is -2.61. The van der Waals surface area contributed by atoms with Crippen molar-refractivity contribution in [1.82, 2.24) is 0 Å². The molecule has 3 heterocycles. The molecule has 0 aliphatic carbocycles. The van der Waals surface area contributed by atoms with Crippen LogP contribution in [-0.4, -0.2) is 136 Å². The molecule has 3 fully saturated rings. The lowest BCUT2D eigenvalue weighted by Gasteiger charge is -2.43. The molecule has 13 nitrogen and oxygen atoms in total. The fourth-order valence-electron chi connectivity index (χ4n) is 3.35.